The number of nitrogens with one attached hydrogen (secondary N) is 1. The van der Waals surface area contributed by atoms with Gasteiger partial charge in [-0.1, -0.05) is 0 Å². The summed E-state index contributed by atoms with van der Waals surface area (Å²) >= 11 is 0. The van der Waals surface area contributed by atoms with Crippen LogP contribution in [-0.4, -0.2) is 38.7 Å². The Labute approximate surface area is 115 Å². The third-order valence-electron chi connectivity index (χ3n) is 2.95. The first-order valence-electron chi connectivity index (χ1n) is 6.03. The van der Waals surface area contributed by atoms with Gasteiger partial charge in [0, 0.05) is 12.6 Å². The molecular weight excluding hydrogens is 289 g/mol. The molecule has 0 bridgehead atoms. The lowest BCUT2D eigenvalue weighted by Crippen LogP contribution is -2.40. The second-order valence-corrected chi connectivity index (χ2v) is 6.17. The molecule has 0 aliphatic carbocycles. The fraction of sp³-hybridized carbons (Fsp3) is 0.417. The van der Waals surface area contributed by atoms with Gasteiger partial charge >= 0.3 is 5.97 Å². The molecule has 1 fully saturated rings. The van der Waals surface area contributed by atoms with Gasteiger partial charge in [-0.05, 0) is 31.0 Å². The Morgan fingerprint density at radius 3 is 2.75 bits per heavy atom. The highest BCUT2D eigenvalue weighted by molar-refractivity contribution is 7.89. The Kier molecular flexibility index (Phi) is 4.36. The molecule has 1 aliphatic rings. The minimum Gasteiger partial charge on any atom is -0.478 e. The zero-order valence-electron chi connectivity index (χ0n) is 10.5. The summed E-state index contributed by atoms with van der Waals surface area (Å²) in [6.07, 6.45) is 1.35. The number of benzene rings is 1. The summed E-state index contributed by atoms with van der Waals surface area (Å²) in [7, 11) is -4.03. The zero-order valence-corrected chi connectivity index (χ0v) is 11.3. The summed E-state index contributed by atoms with van der Waals surface area (Å²) in [6.45, 7) is 0.827. The largest absolute Gasteiger partial charge is 0.478 e. The van der Waals surface area contributed by atoms with E-state index in [1.54, 1.807) is 0 Å². The Morgan fingerprint density at radius 2 is 2.20 bits per heavy atom. The predicted octanol–water partition coefficient (Wildman–Crippen LogP) is 0.981. The standard InChI is InChI=1S/C12H14FNO5S/c13-10-6-8(12(15)16)3-4-11(10)20(17,18)14-9-2-1-5-19-7-9/h3-4,6,9,14H,1-2,5,7H2,(H,15,16). The van der Waals surface area contributed by atoms with Gasteiger partial charge in [-0.3, -0.25) is 0 Å². The van der Waals surface area contributed by atoms with Gasteiger partial charge in [0.15, 0.2) is 0 Å². The van der Waals surface area contributed by atoms with Crippen LogP contribution < -0.4 is 4.72 Å². The number of rotatable bonds is 4. The molecule has 1 aliphatic heterocycles. The van der Waals surface area contributed by atoms with E-state index in [1.807, 2.05) is 0 Å². The average molecular weight is 303 g/mol. The number of aromatic carboxylic acids is 1. The predicted molar refractivity (Wildman–Crippen MR) is 67.5 cm³/mol. The second-order valence-electron chi connectivity index (χ2n) is 4.49. The highest BCUT2D eigenvalue weighted by atomic mass is 32.2. The normalized spacial score (nSPS) is 19.8. The first-order chi connectivity index (χ1) is 9.40. The lowest BCUT2D eigenvalue weighted by Gasteiger charge is -2.23. The fourth-order valence-corrected chi connectivity index (χ4v) is 3.28. The average Bonchev–Trinajstić information content (AvgIpc) is 2.38. The van der Waals surface area contributed by atoms with Gasteiger partial charge in [-0.25, -0.2) is 22.3 Å². The van der Waals surface area contributed by atoms with E-state index >= 15 is 0 Å². The van der Waals surface area contributed by atoms with Crippen LogP contribution >= 0.6 is 0 Å². The zero-order chi connectivity index (χ0) is 14.8. The van der Waals surface area contributed by atoms with Crippen molar-refractivity contribution in [2.75, 3.05) is 13.2 Å². The van der Waals surface area contributed by atoms with Crippen molar-refractivity contribution in [2.24, 2.45) is 0 Å². The highest BCUT2D eigenvalue weighted by Gasteiger charge is 2.25. The first kappa shape index (κ1) is 14.9. The molecule has 20 heavy (non-hydrogen) atoms. The van der Waals surface area contributed by atoms with Crippen LogP contribution in [0.4, 0.5) is 4.39 Å². The van der Waals surface area contributed by atoms with E-state index in [2.05, 4.69) is 4.72 Å². The third kappa shape index (κ3) is 3.33. The lowest BCUT2D eigenvalue weighted by atomic mass is 10.1. The topological polar surface area (TPSA) is 92.7 Å². The molecule has 2 rings (SSSR count). The molecule has 0 amide bonds. The molecular formula is C12H14FNO5S. The maximum absolute atomic E-state index is 13.7. The van der Waals surface area contributed by atoms with Gasteiger partial charge in [-0.2, -0.15) is 0 Å². The third-order valence-corrected chi connectivity index (χ3v) is 4.50. The van der Waals surface area contributed by atoms with Crippen molar-refractivity contribution in [2.45, 2.75) is 23.8 Å². The molecule has 1 aromatic carbocycles. The molecule has 0 spiro atoms. The lowest BCUT2D eigenvalue weighted by molar-refractivity contribution is 0.0696. The summed E-state index contributed by atoms with van der Waals surface area (Å²) in [4.78, 5) is 10.1. The summed E-state index contributed by atoms with van der Waals surface area (Å²) in [5, 5.41) is 8.72. The maximum Gasteiger partial charge on any atom is 0.335 e. The molecule has 6 nitrogen and oxygen atoms in total. The Morgan fingerprint density at radius 1 is 1.45 bits per heavy atom. The molecule has 110 valence electrons. The monoisotopic (exact) mass is 303 g/mol. The summed E-state index contributed by atoms with van der Waals surface area (Å²) in [5.41, 5.74) is -0.303. The summed E-state index contributed by atoms with van der Waals surface area (Å²) in [5.74, 6) is -2.41. The molecule has 1 saturated heterocycles. The number of ether oxygens (including phenoxy) is 1. The van der Waals surface area contributed by atoms with Crippen LogP contribution in [-0.2, 0) is 14.8 Å². The molecule has 2 N–H and O–H groups in total. The van der Waals surface area contributed by atoms with Crippen molar-refractivity contribution in [1.82, 2.24) is 4.72 Å². The number of sulfonamides is 1. The molecule has 1 aromatic rings. The number of carboxylic acids is 1. The van der Waals surface area contributed by atoms with Crippen LogP contribution in [0.1, 0.15) is 23.2 Å². The van der Waals surface area contributed by atoms with Crippen molar-refractivity contribution >= 4 is 16.0 Å². The number of halogens is 1. The van der Waals surface area contributed by atoms with Gasteiger partial charge in [-0.15, -0.1) is 0 Å². The Hall–Kier alpha value is -1.51. The first-order valence-corrected chi connectivity index (χ1v) is 7.51. The molecule has 0 aromatic heterocycles. The van der Waals surface area contributed by atoms with Crippen LogP contribution in [0.3, 0.4) is 0 Å². The van der Waals surface area contributed by atoms with Crippen molar-refractivity contribution in [1.29, 1.82) is 0 Å². The van der Waals surface area contributed by atoms with Crippen molar-refractivity contribution < 1.29 is 27.4 Å². The summed E-state index contributed by atoms with van der Waals surface area (Å²) in [6, 6.07) is 2.29. The molecule has 0 saturated carbocycles. The number of hydrogen-bond acceptors (Lipinski definition) is 4. The van der Waals surface area contributed by atoms with E-state index in [0.29, 0.717) is 19.1 Å². The van der Waals surface area contributed by atoms with E-state index in [1.165, 1.54) is 0 Å². The Bertz CT molecular complexity index is 610. The van der Waals surface area contributed by atoms with Crippen LogP contribution in [0.25, 0.3) is 0 Å². The van der Waals surface area contributed by atoms with Gasteiger partial charge < -0.3 is 9.84 Å². The van der Waals surface area contributed by atoms with E-state index in [-0.39, 0.29) is 12.2 Å². The van der Waals surface area contributed by atoms with Crippen molar-refractivity contribution in [3.05, 3.63) is 29.6 Å². The molecule has 0 radical (unpaired) electrons. The van der Waals surface area contributed by atoms with Crippen molar-refractivity contribution in [3.8, 4) is 0 Å². The quantitative estimate of drug-likeness (QED) is 0.865. The van der Waals surface area contributed by atoms with Crippen LogP contribution in [0, 0.1) is 5.82 Å². The highest BCUT2D eigenvalue weighted by Crippen LogP contribution is 2.18. The number of carboxylic acid groups (broad SMARTS) is 1. The molecule has 1 unspecified atom stereocenters. The summed E-state index contributed by atoms with van der Waals surface area (Å²) < 4.78 is 45.4. The fourth-order valence-electron chi connectivity index (χ4n) is 1.97. The van der Waals surface area contributed by atoms with Gasteiger partial charge in [0.25, 0.3) is 0 Å². The molecule has 1 atom stereocenters. The molecule has 8 heteroatoms. The maximum atomic E-state index is 13.7. The van der Waals surface area contributed by atoms with E-state index in [0.717, 1.165) is 18.6 Å². The Balaban J connectivity index is 2.22. The van der Waals surface area contributed by atoms with Crippen molar-refractivity contribution in [3.63, 3.8) is 0 Å². The van der Waals surface area contributed by atoms with E-state index in [9.17, 15) is 17.6 Å². The van der Waals surface area contributed by atoms with Crippen LogP contribution in [0.5, 0.6) is 0 Å². The minimum atomic E-state index is -4.03. The molecule has 1 heterocycles. The number of hydrogen-bond donors (Lipinski definition) is 2. The van der Waals surface area contributed by atoms with Gasteiger partial charge in [0.05, 0.1) is 12.2 Å². The van der Waals surface area contributed by atoms with Crippen LogP contribution in [0.2, 0.25) is 0 Å². The number of carbonyl (C=O) groups is 1. The smallest absolute Gasteiger partial charge is 0.335 e. The van der Waals surface area contributed by atoms with Gasteiger partial charge in [0.1, 0.15) is 10.7 Å². The van der Waals surface area contributed by atoms with E-state index in [4.69, 9.17) is 9.84 Å². The van der Waals surface area contributed by atoms with Gasteiger partial charge in [0.2, 0.25) is 10.0 Å². The van der Waals surface area contributed by atoms with Crippen LogP contribution in [0.15, 0.2) is 23.1 Å². The second kappa shape index (κ2) is 5.86. The minimum absolute atomic E-state index is 0.244. The van der Waals surface area contributed by atoms with E-state index < -0.39 is 32.7 Å². The SMILES string of the molecule is O=C(O)c1ccc(S(=O)(=O)NC2CCCOC2)c(F)c1.